The van der Waals surface area contributed by atoms with Crippen LogP contribution in [0.15, 0.2) is 47.1 Å². The minimum atomic E-state index is 0.613. The van der Waals surface area contributed by atoms with Crippen LogP contribution in [0.5, 0.6) is 5.88 Å². The van der Waals surface area contributed by atoms with E-state index in [0.29, 0.717) is 5.88 Å². The fourth-order valence-corrected chi connectivity index (χ4v) is 1.90. The first kappa shape index (κ1) is 11.9. The molecule has 1 N–H and O–H groups in total. The van der Waals surface area contributed by atoms with Gasteiger partial charge in [-0.25, -0.2) is 4.98 Å². The van der Waals surface area contributed by atoms with Crippen LogP contribution >= 0.6 is 15.9 Å². The number of nitrogens with one attached hydrogen (secondary N) is 1. The summed E-state index contributed by atoms with van der Waals surface area (Å²) in [7, 11) is 1.61. The summed E-state index contributed by atoms with van der Waals surface area (Å²) in [4.78, 5) is 4.06. The van der Waals surface area contributed by atoms with Gasteiger partial charge >= 0.3 is 0 Å². The van der Waals surface area contributed by atoms with E-state index in [9.17, 15) is 0 Å². The van der Waals surface area contributed by atoms with Crippen LogP contribution in [0.1, 0.15) is 5.56 Å². The van der Waals surface area contributed by atoms with Gasteiger partial charge in [-0.05, 0) is 17.7 Å². The summed E-state index contributed by atoms with van der Waals surface area (Å²) < 4.78 is 6.18. The fourth-order valence-electron chi connectivity index (χ4n) is 1.47. The third kappa shape index (κ3) is 3.20. The quantitative estimate of drug-likeness (QED) is 0.937. The highest BCUT2D eigenvalue weighted by atomic mass is 79.9. The lowest BCUT2D eigenvalue weighted by Gasteiger charge is -2.08. The molecule has 17 heavy (non-hydrogen) atoms. The Hall–Kier alpha value is -1.55. The summed E-state index contributed by atoms with van der Waals surface area (Å²) in [6.07, 6.45) is 1.72. The van der Waals surface area contributed by atoms with E-state index in [2.05, 4.69) is 32.3 Å². The Balaban J connectivity index is 2.05. The molecule has 0 aliphatic heterocycles. The van der Waals surface area contributed by atoms with Crippen molar-refractivity contribution in [1.29, 1.82) is 0 Å². The van der Waals surface area contributed by atoms with E-state index < -0.39 is 0 Å². The van der Waals surface area contributed by atoms with E-state index in [4.69, 9.17) is 4.74 Å². The molecule has 1 aromatic heterocycles. The van der Waals surface area contributed by atoms with E-state index in [1.807, 2.05) is 30.3 Å². The van der Waals surface area contributed by atoms with Crippen molar-refractivity contribution in [3.05, 3.63) is 52.6 Å². The van der Waals surface area contributed by atoms with Crippen LogP contribution in [0.2, 0.25) is 0 Å². The maximum atomic E-state index is 5.07. The fraction of sp³-hybridized carbons (Fsp3) is 0.154. The van der Waals surface area contributed by atoms with Crippen LogP contribution in [-0.4, -0.2) is 12.1 Å². The van der Waals surface area contributed by atoms with Gasteiger partial charge in [-0.3, -0.25) is 0 Å². The smallest absolute Gasteiger partial charge is 0.214 e. The number of aromatic nitrogens is 1. The number of hydrogen-bond donors (Lipinski definition) is 1. The summed E-state index contributed by atoms with van der Waals surface area (Å²) in [6.45, 7) is 0.759. The second-order valence-electron chi connectivity index (χ2n) is 3.53. The summed E-state index contributed by atoms with van der Waals surface area (Å²) in [5.41, 5.74) is 2.20. The summed E-state index contributed by atoms with van der Waals surface area (Å²) in [6, 6.07) is 11.9. The number of pyridine rings is 1. The average molecular weight is 293 g/mol. The van der Waals surface area contributed by atoms with E-state index in [1.165, 1.54) is 5.56 Å². The van der Waals surface area contributed by atoms with E-state index in [-0.39, 0.29) is 0 Å². The van der Waals surface area contributed by atoms with Gasteiger partial charge in [-0.1, -0.05) is 34.1 Å². The molecule has 0 aliphatic rings. The second kappa shape index (κ2) is 5.68. The lowest BCUT2D eigenvalue weighted by Crippen LogP contribution is -2.00. The first-order chi connectivity index (χ1) is 8.29. The normalized spacial score (nSPS) is 10.0. The third-order valence-corrected chi connectivity index (χ3v) is 3.16. The molecule has 0 fully saturated rings. The van der Waals surface area contributed by atoms with Crippen LogP contribution in [0.25, 0.3) is 0 Å². The van der Waals surface area contributed by atoms with Crippen molar-refractivity contribution in [2.24, 2.45) is 0 Å². The number of nitrogens with zero attached hydrogens (tertiary/aromatic N) is 1. The van der Waals surface area contributed by atoms with Gasteiger partial charge in [0.25, 0.3) is 0 Å². The number of anilines is 1. The highest BCUT2D eigenvalue weighted by molar-refractivity contribution is 9.10. The molecule has 0 atom stereocenters. The minimum absolute atomic E-state index is 0.613. The van der Waals surface area contributed by atoms with Crippen LogP contribution in [0, 0.1) is 0 Å². The molecule has 4 heteroatoms. The van der Waals surface area contributed by atoms with Crippen molar-refractivity contribution in [2.45, 2.75) is 6.54 Å². The van der Waals surface area contributed by atoms with Crippen LogP contribution < -0.4 is 10.1 Å². The Morgan fingerprint density at radius 2 is 2.12 bits per heavy atom. The molecule has 0 amide bonds. The number of methoxy groups -OCH3 is 1. The summed E-state index contributed by atoms with van der Waals surface area (Å²) in [5, 5.41) is 3.33. The number of rotatable bonds is 4. The molecule has 88 valence electrons. The van der Waals surface area contributed by atoms with Crippen molar-refractivity contribution >= 4 is 21.6 Å². The lowest BCUT2D eigenvalue weighted by molar-refractivity contribution is 0.398. The lowest BCUT2D eigenvalue weighted by atomic mass is 10.2. The van der Waals surface area contributed by atoms with Crippen molar-refractivity contribution in [1.82, 2.24) is 4.98 Å². The molecule has 0 unspecified atom stereocenters. The van der Waals surface area contributed by atoms with Crippen molar-refractivity contribution in [3.63, 3.8) is 0 Å². The number of halogens is 1. The Morgan fingerprint density at radius 3 is 2.88 bits per heavy atom. The molecule has 1 heterocycles. The van der Waals surface area contributed by atoms with Gasteiger partial charge in [0.1, 0.15) is 0 Å². The molecule has 0 saturated carbocycles. The maximum absolute atomic E-state index is 5.07. The highest BCUT2D eigenvalue weighted by Gasteiger charge is 1.99. The summed E-state index contributed by atoms with van der Waals surface area (Å²) in [5.74, 6) is 0.613. The Labute approximate surface area is 109 Å². The zero-order valence-electron chi connectivity index (χ0n) is 9.48. The molecule has 1 aromatic carbocycles. The van der Waals surface area contributed by atoms with E-state index >= 15 is 0 Å². The van der Waals surface area contributed by atoms with Crippen molar-refractivity contribution in [2.75, 3.05) is 12.4 Å². The van der Waals surface area contributed by atoms with Crippen LogP contribution in [0.3, 0.4) is 0 Å². The summed E-state index contributed by atoms with van der Waals surface area (Å²) >= 11 is 3.52. The predicted octanol–water partition coefficient (Wildman–Crippen LogP) is 3.46. The average Bonchev–Trinajstić information content (AvgIpc) is 2.38. The van der Waals surface area contributed by atoms with E-state index in [0.717, 1.165) is 16.7 Å². The molecule has 0 saturated heterocycles. The van der Waals surface area contributed by atoms with Gasteiger partial charge in [0.15, 0.2) is 0 Å². The van der Waals surface area contributed by atoms with Crippen molar-refractivity contribution < 1.29 is 4.74 Å². The largest absolute Gasteiger partial charge is 0.481 e. The Morgan fingerprint density at radius 1 is 1.29 bits per heavy atom. The van der Waals surface area contributed by atoms with Gasteiger partial charge in [-0.2, -0.15) is 0 Å². The molecular formula is C13H13BrN2O. The Kier molecular flexibility index (Phi) is 3.98. The molecule has 0 bridgehead atoms. The first-order valence-corrected chi connectivity index (χ1v) is 6.06. The zero-order valence-corrected chi connectivity index (χ0v) is 11.1. The van der Waals surface area contributed by atoms with Crippen molar-refractivity contribution in [3.8, 4) is 5.88 Å². The zero-order chi connectivity index (χ0) is 12.1. The molecule has 2 rings (SSSR count). The van der Waals surface area contributed by atoms with Gasteiger partial charge < -0.3 is 10.1 Å². The monoisotopic (exact) mass is 292 g/mol. The maximum Gasteiger partial charge on any atom is 0.214 e. The van der Waals surface area contributed by atoms with Gasteiger partial charge in [0, 0.05) is 29.0 Å². The number of ether oxygens (including phenoxy) is 1. The number of benzene rings is 1. The predicted molar refractivity (Wildman–Crippen MR) is 72.3 cm³/mol. The molecule has 2 aromatic rings. The van der Waals surface area contributed by atoms with Crippen LogP contribution in [0.4, 0.5) is 5.69 Å². The number of hydrogen-bond acceptors (Lipinski definition) is 3. The molecule has 0 spiro atoms. The highest BCUT2D eigenvalue weighted by Crippen LogP contribution is 2.19. The van der Waals surface area contributed by atoms with Gasteiger partial charge in [-0.15, -0.1) is 0 Å². The van der Waals surface area contributed by atoms with Gasteiger partial charge in [0.2, 0.25) is 5.88 Å². The van der Waals surface area contributed by atoms with Crippen LogP contribution in [-0.2, 0) is 6.54 Å². The SMILES string of the molecule is COc1cc(NCc2ccccc2Br)ccn1. The molecule has 0 radical (unpaired) electrons. The molecular weight excluding hydrogens is 280 g/mol. The standard InChI is InChI=1S/C13H13BrN2O/c1-17-13-8-11(6-7-15-13)16-9-10-4-2-3-5-12(10)14/h2-8H,9H2,1H3,(H,15,16). The first-order valence-electron chi connectivity index (χ1n) is 5.27. The minimum Gasteiger partial charge on any atom is -0.481 e. The van der Waals surface area contributed by atoms with Gasteiger partial charge in [0.05, 0.1) is 7.11 Å². The van der Waals surface area contributed by atoms with E-state index in [1.54, 1.807) is 13.3 Å². The molecule has 3 nitrogen and oxygen atoms in total. The second-order valence-corrected chi connectivity index (χ2v) is 4.39. The third-order valence-electron chi connectivity index (χ3n) is 2.38. The molecule has 0 aliphatic carbocycles. The topological polar surface area (TPSA) is 34.1 Å². The Bertz CT molecular complexity index is 502.